The van der Waals surface area contributed by atoms with Crippen molar-refractivity contribution < 1.29 is 4.43 Å². The summed E-state index contributed by atoms with van der Waals surface area (Å²) in [6, 6.07) is 31.3. The topological polar surface area (TPSA) is 9.23 Å². The van der Waals surface area contributed by atoms with Gasteiger partial charge in [-0.05, 0) is 127 Å². The van der Waals surface area contributed by atoms with Gasteiger partial charge in [0.2, 0.25) is 0 Å². The zero-order valence-electron chi connectivity index (χ0n) is 29.3. The molecule has 8 atom stereocenters. The summed E-state index contributed by atoms with van der Waals surface area (Å²) >= 11 is 0. The zero-order chi connectivity index (χ0) is 32.2. The third kappa shape index (κ3) is 5.35. The van der Waals surface area contributed by atoms with Gasteiger partial charge in [-0.1, -0.05) is 125 Å². The smallest absolute Gasteiger partial charge is 0.261 e. The molecule has 0 heterocycles. The Bertz CT molecular complexity index is 1520. The molecule has 0 bridgehead atoms. The van der Waals surface area contributed by atoms with E-state index in [9.17, 15) is 0 Å². The molecule has 0 spiro atoms. The number of hydrogen-bond acceptors (Lipinski definition) is 1. The molecule has 4 fully saturated rings. The van der Waals surface area contributed by atoms with E-state index in [4.69, 9.17) is 4.43 Å². The SMILES string of the molecule is Cc1ccc(C#CC2CC[C@H]3[C@@H]4CCC5CC(O[Si](c6ccccc6)(c6ccccc6)C(C)(C)C)CC[C@]5(C)[C@@H]4CC[C@]23C)cc1. The van der Waals surface area contributed by atoms with Gasteiger partial charge in [0, 0.05) is 17.6 Å². The first kappa shape index (κ1) is 32.0. The Balaban J connectivity index is 1.11. The van der Waals surface area contributed by atoms with E-state index in [1.165, 1.54) is 79.3 Å². The molecule has 0 amide bonds. The molecule has 4 saturated carbocycles. The second kappa shape index (κ2) is 12.1. The van der Waals surface area contributed by atoms with Crippen molar-refractivity contribution in [2.45, 2.75) is 110 Å². The van der Waals surface area contributed by atoms with Crippen LogP contribution in [0.1, 0.15) is 104 Å². The lowest BCUT2D eigenvalue weighted by Crippen LogP contribution is -2.68. The van der Waals surface area contributed by atoms with Crippen molar-refractivity contribution >= 4 is 18.7 Å². The average molecular weight is 629 g/mol. The summed E-state index contributed by atoms with van der Waals surface area (Å²) in [7, 11) is -2.54. The summed E-state index contributed by atoms with van der Waals surface area (Å²) in [6.07, 6.45) is 12.3. The lowest BCUT2D eigenvalue weighted by molar-refractivity contribution is -0.122. The molecular weight excluding hydrogens is 573 g/mol. The number of hydrogen-bond donors (Lipinski definition) is 0. The Hall–Kier alpha value is -2.60. The van der Waals surface area contributed by atoms with Gasteiger partial charge in [0.05, 0.1) is 0 Å². The van der Waals surface area contributed by atoms with E-state index >= 15 is 0 Å². The first-order valence-electron chi connectivity index (χ1n) is 18.4. The van der Waals surface area contributed by atoms with E-state index in [1.54, 1.807) is 0 Å². The van der Waals surface area contributed by atoms with E-state index in [0.29, 0.717) is 22.9 Å². The van der Waals surface area contributed by atoms with Crippen molar-refractivity contribution in [3.8, 4) is 11.8 Å². The molecule has 0 aliphatic heterocycles. The highest BCUT2D eigenvalue weighted by atomic mass is 28.4. The highest BCUT2D eigenvalue weighted by Gasteiger charge is 2.61. The molecule has 3 aromatic carbocycles. The fourth-order valence-corrected chi connectivity index (χ4v) is 16.0. The lowest BCUT2D eigenvalue weighted by atomic mass is 9.44. The van der Waals surface area contributed by atoms with Crippen LogP contribution in [-0.2, 0) is 4.43 Å². The van der Waals surface area contributed by atoms with Gasteiger partial charge in [-0.2, -0.15) is 0 Å². The van der Waals surface area contributed by atoms with Gasteiger partial charge in [-0.3, -0.25) is 0 Å². The van der Waals surface area contributed by atoms with E-state index in [2.05, 4.69) is 138 Å². The monoisotopic (exact) mass is 628 g/mol. The third-order valence-electron chi connectivity index (χ3n) is 13.8. The summed E-state index contributed by atoms with van der Waals surface area (Å²) < 4.78 is 7.74. The number of aryl methyl sites for hydroxylation is 1. The lowest BCUT2D eigenvalue weighted by Gasteiger charge is -2.61. The van der Waals surface area contributed by atoms with Gasteiger partial charge in [0.25, 0.3) is 8.32 Å². The van der Waals surface area contributed by atoms with E-state index in [-0.39, 0.29) is 5.04 Å². The molecule has 3 unspecified atom stereocenters. The van der Waals surface area contributed by atoms with Gasteiger partial charge in [0.1, 0.15) is 0 Å². The van der Waals surface area contributed by atoms with Gasteiger partial charge in [-0.25, -0.2) is 0 Å². The summed E-state index contributed by atoms with van der Waals surface area (Å²) in [5.74, 6) is 11.3. The Morgan fingerprint density at radius 1 is 0.696 bits per heavy atom. The predicted octanol–water partition coefficient (Wildman–Crippen LogP) is 9.95. The number of rotatable bonds is 4. The Morgan fingerprint density at radius 3 is 1.93 bits per heavy atom. The molecule has 46 heavy (non-hydrogen) atoms. The van der Waals surface area contributed by atoms with E-state index in [0.717, 1.165) is 23.7 Å². The van der Waals surface area contributed by atoms with E-state index < -0.39 is 8.32 Å². The minimum absolute atomic E-state index is 0.0311. The molecular formula is C44H56OSi. The molecule has 1 nitrogen and oxygen atoms in total. The number of benzene rings is 3. The summed E-state index contributed by atoms with van der Waals surface area (Å²) in [5, 5.41) is 2.86. The number of fused-ring (bicyclic) bond motifs is 5. The fourth-order valence-electron chi connectivity index (χ4n) is 11.3. The molecule has 0 N–H and O–H groups in total. The maximum Gasteiger partial charge on any atom is 0.261 e. The Kier molecular flexibility index (Phi) is 8.43. The Labute approximate surface area is 281 Å². The highest BCUT2D eigenvalue weighted by molar-refractivity contribution is 6.99. The quantitative estimate of drug-likeness (QED) is 0.206. The molecule has 0 saturated heterocycles. The second-order valence-electron chi connectivity index (χ2n) is 17.1. The van der Waals surface area contributed by atoms with Gasteiger partial charge >= 0.3 is 0 Å². The largest absolute Gasteiger partial charge is 0.404 e. The molecule has 242 valence electrons. The van der Waals surface area contributed by atoms with Crippen LogP contribution in [-0.4, -0.2) is 14.4 Å². The molecule has 0 aromatic heterocycles. The first-order chi connectivity index (χ1) is 22.0. The van der Waals surface area contributed by atoms with Crippen molar-refractivity contribution in [1.82, 2.24) is 0 Å². The summed E-state index contributed by atoms with van der Waals surface area (Å²) in [6.45, 7) is 14.8. The molecule has 4 aliphatic rings. The van der Waals surface area contributed by atoms with Crippen molar-refractivity contribution in [2.75, 3.05) is 0 Å². The van der Waals surface area contributed by atoms with Crippen molar-refractivity contribution in [2.24, 2.45) is 40.4 Å². The van der Waals surface area contributed by atoms with Crippen LogP contribution in [0.2, 0.25) is 5.04 Å². The van der Waals surface area contributed by atoms with Crippen LogP contribution in [0.3, 0.4) is 0 Å². The molecule has 4 aliphatic carbocycles. The molecule has 3 aromatic rings. The van der Waals surface area contributed by atoms with Crippen LogP contribution in [0, 0.1) is 59.2 Å². The van der Waals surface area contributed by atoms with Crippen LogP contribution in [0.4, 0.5) is 0 Å². The summed E-state index contributed by atoms with van der Waals surface area (Å²) in [5.41, 5.74) is 3.31. The maximum atomic E-state index is 7.74. The third-order valence-corrected chi connectivity index (χ3v) is 18.9. The van der Waals surface area contributed by atoms with Crippen LogP contribution >= 0.6 is 0 Å². The van der Waals surface area contributed by atoms with Gasteiger partial charge in [-0.15, -0.1) is 0 Å². The van der Waals surface area contributed by atoms with Gasteiger partial charge in [0.15, 0.2) is 0 Å². The van der Waals surface area contributed by atoms with Crippen LogP contribution < -0.4 is 10.4 Å². The van der Waals surface area contributed by atoms with Crippen molar-refractivity contribution in [3.63, 3.8) is 0 Å². The minimum atomic E-state index is -2.54. The standard InChI is InChI=1S/C44H56OSi/c1-32-17-19-33(20-18-32)21-22-34-24-26-40-39-25-23-35-31-36(27-29-44(35,6)41(39)28-30-43(34,40)5)45-46(42(2,3)4,37-13-9-7-10-14-37)38-15-11-8-12-16-38/h7-20,34-36,39-41H,23-31H2,1-6H3/t34?,35?,36?,39-,40-,41+,43+,44-/m0/s1. The van der Waals surface area contributed by atoms with Crippen molar-refractivity contribution in [3.05, 3.63) is 96.1 Å². The summed E-state index contributed by atoms with van der Waals surface area (Å²) in [4.78, 5) is 0. The zero-order valence-corrected chi connectivity index (χ0v) is 30.3. The molecule has 7 rings (SSSR count). The Morgan fingerprint density at radius 2 is 1.30 bits per heavy atom. The average Bonchev–Trinajstić information content (AvgIpc) is 3.39. The van der Waals surface area contributed by atoms with Crippen LogP contribution in [0.15, 0.2) is 84.9 Å². The predicted molar refractivity (Wildman–Crippen MR) is 196 cm³/mol. The van der Waals surface area contributed by atoms with Crippen LogP contribution in [0.5, 0.6) is 0 Å². The second-order valence-corrected chi connectivity index (χ2v) is 21.4. The maximum absolute atomic E-state index is 7.74. The molecule has 2 heteroatoms. The first-order valence-corrected chi connectivity index (χ1v) is 20.3. The fraction of sp³-hybridized carbons (Fsp3) is 0.545. The highest BCUT2D eigenvalue weighted by Crippen LogP contribution is 2.67. The van der Waals surface area contributed by atoms with Crippen molar-refractivity contribution in [1.29, 1.82) is 0 Å². The molecule has 0 radical (unpaired) electrons. The van der Waals surface area contributed by atoms with Crippen LogP contribution in [0.25, 0.3) is 0 Å². The van der Waals surface area contributed by atoms with Gasteiger partial charge < -0.3 is 4.43 Å². The normalized spacial score (nSPS) is 34.0. The van der Waals surface area contributed by atoms with E-state index in [1.807, 2.05) is 0 Å². The minimum Gasteiger partial charge on any atom is -0.404 e.